The lowest BCUT2D eigenvalue weighted by Crippen LogP contribution is -2.23. The summed E-state index contributed by atoms with van der Waals surface area (Å²) >= 11 is 0. The Morgan fingerprint density at radius 1 is 1.04 bits per heavy atom. The highest BCUT2D eigenvalue weighted by atomic mass is 32.2. The molecule has 1 aromatic heterocycles. The van der Waals surface area contributed by atoms with Crippen molar-refractivity contribution in [3.63, 3.8) is 0 Å². The first-order chi connectivity index (χ1) is 12.1. The molecule has 2 N–H and O–H groups in total. The maximum atomic E-state index is 13.5. The smallest absolute Gasteiger partial charge is 0.396 e. The van der Waals surface area contributed by atoms with Crippen molar-refractivity contribution >= 4 is 15.5 Å². The maximum absolute atomic E-state index is 13.5. The summed E-state index contributed by atoms with van der Waals surface area (Å²) in [5, 5.41) is 4.09. The van der Waals surface area contributed by atoms with E-state index < -0.39 is 26.1 Å². The Bertz CT molecular complexity index is 1060. The van der Waals surface area contributed by atoms with Gasteiger partial charge in [-0.25, -0.2) is 22.5 Å². The summed E-state index contributed by atoms with van der Waals surface area (Å²) in [5.41, 5.74) is 0.611. The molecular formula is C15H10F4N4O2S. The van der Waals surface area contributed by atoms with Crippen LogP contribution in [0.5, 0.6) is 0 Å². The number of aromatic nitrogens is 3. The van der Waals surface area contributed by atoms with Gasteiger partial charge in [0.2, 0.25) is 0 Å². The van der Waals surface area contributed by atoms with Crippen molar-refractivity contribution in [3.05, 3.63) is 54.6 Å². The van der Waals surface area contributed by atoms with Crippen LogP contribution in [0.3, 0.4) is 0 Å². The summed E-state index contributed by atoms with van der Waals surface area (Å²) in [5.74, 6) is -0.476. The molecule has 0 unspecified atom stereocenters. The van der Waals surface area contributed by atoms with Gasteiger partial charge in [0.05, 0.1) is 16.3 Å². The molecule has 0 fully saturated rings. The van der Waals surface area contributed by atoms with Crippen LogP contribution in [0, 0.1) is 5.82 Å². The zero-order valence-corrected chi connectivity index (χ0v) is 13.6. The first kappa shape index (κ1) is 17.9. The van der Waals surface area contributed by atoms with Gasteiger partial charge in [0.15, 0.2) is 5.82 Å². The number of nitrogens with zero attached hydrogens (tertiary/aromatic N) is 3. The summed E-state index contributed by atoms with van der Waals surface area (Å²) in [6.45, 7) is 0. The van der Waals surface area contributed by atoms with E-state index in [1.165, 1.54) is 23.1 Å². The maximum Gasteiger partial charge on any atom is 0.501 e. The standard InChI is InChI=1S/C15H10F4N4O2S/c16-12-7-9(1-6-13(12)20)14-21-8-23(22-14)10-2-4-11(5-3-10)26(24,25)15(17,18)19/h1-8H,20H2. The van der Waals surface area contributed by atoms with Crippen molar-refractivity contribution in [1.29, 1.82) is 0 Å². The molecule has 0 aliphatic heterocycles. The highest BCUT2D eigenvalue weighted by molar-refractivity contribution is 7.92. The summed E-state index contributed by atoms with van der Waals surface area (Å²) in [4.78, 5) is 3.11. The van der Waals surface area contributed by atoms with Crippen LogP contribution in [0.2, 0.25) is 0 Å². The van der Waals surface area contributed by atoms with Crippen molar-refractivity contribution in [1.82, 2.24) is 14.8 Å². The van der Waals surface area contributed by atoms with Crippen molar-refractivity contribution < 1.29 is 26.0 Å². The first-order valence-corrected chi connectivity index (χ1v) is 8.47. The zero-order chi connectivity index (χ0) is 19.1. The molecule has 136 valence electrons. The molecule has 0 radical (unpaired) electrons. The Labute approximate surface area is 144 Å². The zero-order valence-electron chi connectivity index (χ0n) is 12.8. The van der Waals surface area contributed by atoms with Gasteiger partial charge in [-0.3, -0.25) is 0 Å². The number of sulfone groups is 1. The van der Waals surface area contributed by atoms with Gasteiger partial charge in [0.25, 0.3) is 9.84 Å². The van der Waals surface area contributed by atoms with Crippen molar-refractivity contribution in [2.75, 3.05) is 5.73 Å². The Hall–Kier alpha value is -2.95. The third-order valence-electron chi connectivity index (χ3n) is 3.47. The number of halogens is 4. The van der Waals surface area contributed by atoms with E-state index in [9.17, 15) is 26.0 Å². The topological polar surface area (TPSA) is 90.9 Å². The van der Waals surface area contributed by atoms with Crippen LogP contribution < -0.4 is 5.73 Å². The minimum atomic E-state index is -5.42. The molecule has 0 atom stereocenters. The SMILES string of the molecule is Nc1ccc(-c2ncn(-c3ccc(S(=O)(=O)C(F)(F)F)cc3)n2)cc1F. The predicted molar refractivity (Wildman–Crippen MR) is 84.4 cm³/mol. The Balaban J connectivity index is 1.92. The molecule has 0 saturated heterocycles. The van der Waals surface area contributed by atoms with Crippen molar-refractivity contribution in [2.24, 2.45) is 0 Å². The van der Waals surface area contributed by atoms with Gasteiger partial charge in [-0.05, 0) is 42.5 Å². The number of hydrogen-bond donors (Lipinski definition) is 1. The van der Waals surface area contributed by atoms with Gasteiger partial charge < -0.3 is 5.73 Å². The highest BCUT2D eigenvalue weighted by Crippen LogP contribution is 2.30. The normalized spacial score (nSPS) is 12.3. The summed E-state index contributed by atoms with van der Waals surface area (Å²) in [7, 11) is -5.42. The van der Waals surface area contributed by atoms with Crippen LogP contribution in [0.15, 0.2) is 53.7 Å². The van der Waals surface area contributed by atoms with Gasteiger partial charge in [0, 0.05) is 5.56 Å². The number of rotatable bonds is 3. The van der Waals surface area contributed by atoms with E-state index in [1.807, 2.05) is 0 Å². The molecule has 1 heterocycles. The quantitative estimate of drug-likeness (QED) is 0.552. The van der Waals surface area contributed by atoms with Gasteiger partial charge in [-0.2, -0.15) is 13.2 Å². The Kier molecular flexibility index (Phi) is 4.18. The number of anilines is 1. The fourth-order valence-corrected chi connectivity index (χ4v) is 2.86. The minimum Gasteiger partial charge on any atom is -0.396 e. The van der Waals surface area contributed by atoms with Crippen LogP contribution in [0.4, 0.5) is 23.2 Å². The number of hydrogen-bond acceptors (Lipinski definition) is 5. The number of benzene rings is 2. The third-order valence-corrected chi connectivity index (χ3v) is 4.97. The highest BCUT2D eigenvalue weighted by Gasteiger charge is 2.46. The van der Waals surface area contributed by atoms with Crippen LogP contribution >= 0.6 is 0 Å². The minimum absolute atomic E-state index is 0.0327. The van der Waals surface area contributed by atoms with Crippen molar-refractivity contribution in [2.45, 2.75) is 10.4 Å². The van der Waals surface area contributed by atoms with E-state index in [-0.39, 0.29) is 17.2 Å². The fraction of sp³-hybridized carbons (Fsp3) is 0.0667. The molecule has 0 saturated carbocycles. The molecule has 3 rings (SSSR count). The molecule has 6 nitrogen and oxygen atoms in total. The largest absolute Gasteiger partial charge is 0.501 e. The molecule has 0 aliphatic rings. The van der Waals surface area contributed by atoms with E-state index in [4.69, 9.17) is 5.73 Å². The second-order valence-electron chi connectivity index (χ2n) is 5.19. The summed E-state index contributed by atoms with van der Waals surface area (Å²) < 4.78 is 75.0. The van der Waals surface area contributed by atoms with Crippen LogP contribution in [-0.2, 0) is 9.84 Å². The van der Waals surface area contributed by atoms with E-state index in [2.05, 4.69) is 10.1 Å². The molecule has 2 aromatic carbocycles. The molecule has 11 heteroatoms. The van der Waals surface area contributed by atoms with Crippen LogP contribution in [0.25, 0.3) is 17.1 Å². The fourth-order valence-electron chi connectivity index (χ4n) is 2.10. The van der Waals surface area contributed by atoms with Gasteiger partial charge in [-0.15, -0.1) is 5.10 Å². The lowest BCUT2D eigenvalue weighted by atomic mass is 10.2. The van der Waals surface area contributed by atoms with Gasteiger partial charge in [0.1, 0.15) is 12.1 Å². The van der Waals surface area contributed by atoms with E-state index in [0.717, 1.165) is 30.3 Å². The monoisotopic (exact) mass is 386 g/mol. The second-order valence-corrected chi connectivity index (χ2v) is 7.13. The van der Waals surface area contributed by atoms with Gasteiger partial charge in [-0.1, -0.05) is 0 Å². The predicted octanol–water partition coefficient (Wildman–Crippen LogP) is 2.95. The van der Waals surface area contributed by atoms with E-state index in [0.29, 0.717) is 5.56 Å². The average molecular weight is 386 g/mol. The summed E-state index contributed by atoms with van der Waals surface area (Å²) in [6, 6.07) is 7.96. The summed E-state index contributed by atoms with van der Waals surface area (Å²) in [6.07, 6.45) is 1.26. The molecule has 3 aromatic rings. The molecule has 26 heavy (non-hydrogen) atoms. The molecule has 0 aliphatic carbocycles. The van der Waals surface area contributed by atoms with E-state index >= 15 is 0 Å². The van der Waals surface area contributed by atoms with Crippen LogP contribution in [-0.4, -0.2) is 28.7 Å². The molecule has 0 amide bonds. The Morgan fingerprint density at radius 3 is 2.27 bits per heavy atom. The average Bonchev–Trinajstić information content (AvgIpc) is 3.06. The van der Waals surface area contributed by atoms with Crippen LogP contribution in [0.1, 0.15) is 0 Å². The van der Waals surface area contributed by atoms with E-state index in [1.54, 1.807) is 0 Å². The molecule has 0 bridgehead atoms. The number of nitrogens with two attached hydrogens (primary N) is 1. The second kappa shape index (κ2) is 6.09. The number of alkyl halides is 3. The molecule has 0 spiro atoms. The third kappa shape index (κ3) is 3.12. The Morgan fingerprint density at radius 2 is 1.69 bits per heavy atom. The lowest BCUT2D eigenvalue weighted by Gasteiger charge is -2.08. The van der Waals surface area contributed by atoms with Crippen molar-refractivity contribution in [3.8, 4) is 17.1 Å². The lowest BCUT2D eigenvalue weighted by molar-refractivity contribution is -0.0436. The van der Waals surface area contributed by atoms with Gasteiger partial charge >= 0.3 is 5.51 Å². The first-order valence-electron chi connectivity index (χ1n) is 6.98. The number of nitrogen functional groups attached to an aromatic ring is 1. The molecular weight excluding hydrogens is 376 g/mol.